The van der Waals surface area contributed by atoms with Gasteiger partial charge in [-0.25, -0.2) is 0 Å². The predicted octanol–water partition coefficient (Wildman–Crippen LogP) is 1.82. The fourth-order valence-corrected chi connectivity index (χ4v) is 2.04. The van der Waals surface area contributed by atoms with Gasteiger partial charge in [0.05, 0.1) is 0 Å². The molecule has 1 N–H and O–H groups in total. The van der Waals surface area contributed by atoms with Gasteiger partial charge in [-0.05, 0) is 6.92 Å². The Morgan fingerprint density at radius 2 is 1.71 bits per heavy atom. The summed E-state index contributed by atoms with van der Waals surface area (Å²) in [7, 11) is -1.20. The van der Waals surface area contributed by atoms with Crippen molar-refractivity contribution in [2.24, 2.45) is 0 Å². The number of pyridine rings is 1. The molecule has 0 spiro atoms. The van der Waals surface area contributed by atoms with E-state index in [1.54, 1.807) is 0 Å². The van der Waals surface area contributed by atoms with Gasteiger partial charge in [-0.15, -0.1) is 0 Å². The molecule has 0 bridgehead atoms. The minimum absolute atomic E-state index is 0.0877. The molecule has 0 saturated heterocycles. The first kappa shape index (κ1) is 13.9. The minimum atomic E-state index is -1.73. The van der Waals surface area contributed by atoms with Crippen LogP contribution in [-0.2, 0) is 10.8 Å². The average molecular weight is 270 g/mol. The first-order valence-electron chi connectivity index (χ1n) is 4.59. The maximum absolute atomic E-state index is 13.2. The molecule has 0 fully saturated rings. The molecule has 0 saturated carbocycles. The molecule has 1 aromatic heterocycles. The number of aromatic nitrogens is 1. The normalized spacial score (nSPS) is 14.5. The fraction of sp³-hybridized carbons (Fsp3) is 0.444. The van der Waals surface area contributed by atoms with Crippen molar-refractivity contribution in [2.45, 2.75) is 13.0 Å². The molecule has 0 aliphatic rings. The number of halogens is 4. The van der Waals surface area contributed by atoms with Gasteiger partial charge in [0.25, 0.3) is 11.9 Å². The van der Waals surface area contributed by atoms with E-state index in [4.69, 9.17) is 0 Å². The minimum Gasteiger partial charge on any atom is -0.377 e. The monoisotopic (exact) mass is 270 g/mol. The van der Waals surface area contributed by atoms with Crippen molar-refractivity contribution >= 4 is 16.5 Å². The third-order valence-electron chi connectivity index (χ3n) is 1.87. The van der Waals surface area contributed by atoms with Crippen LogP contribution in [0.5, 0.6) is 0 Å². The number of anilines is 1. The Balaban J connectivity index is 3.01. The molecule has 0 amide bonds. The molecule has 2 atom stereocenters. The van der Waals surface area contributed by atoms with E-state index in [1.807, 2.05) is 0 Å². The second-order valence-corrected chi connectivity index (χ2v) is 4.96. The van der Waals surface area contributed by atoms with Gasteiger partial charge in [0.1, 0.15) is 5.69 Å². The zero-order valence-electron chi connectivity index (χ0n) is 9.06. The van der Waals surface area contributed by atoms with Gasteiger partial charge in [0.15, 0.2) is 0 Å². The first-order chi connectivity index (χ1) is 7.82. The van der Waals surface area contributed by atoms with Gasteiger partial charge in [-0.1, -0.05) is 0 Å². The Kier molecular flexibility index (Phi) is 4.44. The SMILES string of the molecule is CC(CS(C)=O)Nc1c(F)c(F)nc(F)c1F. The smallest absolute Gasteiger partial charge is 0.253 e. The second kappa shape index (κ2) is 5.44. The maximum atomic E-state index is 13.2. The highest BCUT2D eigenvalue weighted by Gasteiger charge is 2.21. The van der Waals surface area contributed by atoms with Crippen LogP contribution >= 0.6 is 0 Å². The predicted molar refractivity (Wildman–Crippen MR) is 56.1 cm³/mol. The van der Waals surface area contributed by atoms with Crippen LogP contribution in [0.25, 0.3) is 0 Å². The molecule has 17 heavy (non-hydrogen) atoms. The molecule has 0 aliphatic heterocycles. The molecule has 0 aliphatic carbocycles. The van der Waals surface area contributed by atoms with E-state index in [9.17, 15) is 21.8 Å². The Morgan fingerprint density at radius 3 is 2.12 bits per heavy atom. The molecular formula is C9H10F4N2OS. The summed E-state index contributed by atoms with van der Waals surface area (Å²) in [5.41, 5.74) is -0.937. The summed E-state index contributed by atoms with van der Waals surface area (Å²) in [5.74, 6) is -6.56. The highest BCUT2D eigenvalue weighted by molar-refractivity contribution is 7.84. The van der Waals surface area contributed by atoms with Crippen molar-refractivity contribution < 1.29 is 21.8 Å². The summed E-state index contributed by atoms with van der Waals surface area (Å²) < 4.78 is 62.7. The van der Waals surface area contributed by atoms with Gasteiger partial charge < -0.3 is 5.32 Å². The molecule has 0 radical (unpaired) electrons. The molecule has 1 heterocycles. The largest absolute Gasteiger partial charge is 0.377 e. The number of nitrogens with one attached hydrogen (secondary N) is 1. The van der Waals surface area contributed by atoms with Crippen molar-refractivity contribution in [1.29, 1.82) is 0 Å². The van der Waals surface area contributed by atoms with Gasteiger partial charge in [-0.2, -0.15) is 22.5 Å². The zero-order chi connectivity index (χ0) is 13.2. The lowest BCUT2D eigenvalue weighted by Crippen LogP contribution is -2.24. The Bertz CT molecular complexity index is 429. The molecule has 1 rings (SSSR count). The highest BCUT2D eigenvalue weighted by atomic mass is 32.2. The number of rotatable bonds is 4. The molecule has 3 nitrogen and oxygen atoms in total. The zero-order valence-corrected chi connectivity index (χ0v) is 9.88. The van der Waals surface area contributed by atoms with Crippen LogP contribution in [0.1, 0.15) is 6.92 Å². The van der Waals surface area contributed by atoms with Crippen LogP contribution in [0.15, 0.2) is 0 Å². The topological polar surface area (TPSA) is 42.0 Å². The van der Waals surface area contributed by atoms with E-state index >= 15 is 0 Å². The van der Waals surface area contributed by atoms with Crippen molar-refractivity contribution in [3.05, 3.63) is 23.5 Å². The van der Waals surface area contributed by atoms with Gasteiger partial charge in [-0.3, -0.25) is 4.21 Å². The lowest BCUT2D eigenvalue weighted by Gasteiger charge is -2.15. The standard InChI is InChI=1S/C9H10F4N2OS/c1-4(3-17(2)16)14-7-5(10)8(12)15-9(13)6(7)11/h4H,3H2,1-2H3,(H,14,15). The van der Waals surface area contributed by atoms with Crippen LogP contribution in [-0.4, -0.2) is 27.2 Å². The van der Waals surface area contributed by atoms with Crippen LogP contribution < -0.4 is 5.32 Å². The highest BCUT2D eigenvalue weighted by Crippen LogP contribution is 2.22. The van der Waals surface area contributed by atoms with E-state index in [2.05, 4.69) is 10.3 Å². The Hall–Kier alpha value is -1.18. The molecule has 8 heteroatoms. The first-order valence-corrected chi connectivity index (χ1v) is 6.32. The number of hydrogen-bond acceptors (Lipinski definition) is 3. The van der Waals surface area contributed by atoms with Crippen molar-refractivity contribution in [3.63, 3.8) is 0 Å². The average Bonchev–Trinajstić information content (AvgIpc) is 2.20. The van der Waals surface area contributed by atoms with E-state index in [-0.39, 0.29) is 5.75 Å². The lowest BCUT2D eigenvalue weighted by molar-refractivity contribution is 0.410. The van der Waals surface area contributed by atoms with Crippen LogP contribution in [0.4, 0.5) is 23.2 Å². The summed E-state index contributed by atoms with van der Waals surface area (Å²) in [6.07, 6.45) is 1.40. The summed E-state index contributed by atoms with van der Waals surface area (Å²) in [6.45, 7) is 1.48. The Morgan fingerprint density at radius 1 is 1.24 bits per heavy atom. The van der Waals surface area contributed by atoms with Crippen molar-refractivity contribution in [3.8, 4) is 0 Å². The summed E-state index contributed by atoms with van der Waals surface area (Å²) in [4.78, 5) is 2.42. The van der Waals surface area contributed by atoms with Gasteiger partial charge in [0, 0.05) is 28.9 Å². The third kappa shape index (κ3) is 3.39. The van der Waals surface area contributed by atoms with Crippen LogP contribution in [0, 0.1) is 23.5 Å². The van der Waals surface area contributed by atoms with E-state index < -0.39 is 46.1 Å². The number of hydrogen-bond donors (Lipinski definition) is 1. The molecule has 2 unspecified atom stereocenters. The third-order valence-corrected chi connectivity index (χ3v) is 2.84. The molecular weight excluding hydrogens is 260 g/mol. The van der Waals surface area contributed by atoms with Crippen LogP contribution in [0.3, 0.4) is 0 Å². The van der Waals surface area contributed by atoms with Crippen molar-refractivity contribution in [2.75, 3.05) is 17.3 Å². The Labute approximate surface area is 97.7 Å². The van der Waals surface area contributed by atoms with Gasteiger partial charge >= 0.3 is 0 Å². The number of nitrogens with zero attached hydrogens (tertiary/aromatic N) is 1. The second-order valence-electron chi connectivity index (χ2n) is 3.48. The van der Waals surface area contributed by atoms with Crippen LogP contribution in [0.2, 0.25) is 0 Å². The molecule has 0 aromatic carbocycles. The van der Waals surface area contributed by atoms with E-state index in [0.29, 0.717) is 0 Å². The van der Waals surface area contributed by atoms with E-state index in [1.165, 1.54) is 13.2 Å². The maximum Gasteiger partial charge on any atom is 0.253 e. The summed E-state index contributed by atoms with van der Waals surface area (Å²) in [5, 5.41) is 2.23. The van der Waals surface area contributed by atoms with Gasteiger partial charge in [0.2, 0.25) is 11.6 Å². The van der Waals surface area contributed by atoms with Crippen molar-refractivity contribution in [1.82, 2.24) is 4.98 Å². The molecule has 1 aromatic rings. The quantitative estimate of drug-likeness (QED) is 0.670. The summed E-state index contributed by atoms with van der Waals surface area (Å²) in [6, 6.07) is -0.606. The summed E-state index contributed by atoms with van der Waals surface area (Å²) >= 11 is 0. The lowest BCUT2D eigenvalue weighted by atomic mass is 10.3. The molecule has 96 valence electrons. The van der Waals surface area contributed by atoms with E-state index in [0.717, 1.165) is 0 Å². The fourth-order valence-electron chi connectivity index (χ4n) is 1.25.